The van der Waals surface area contributed by atoms with Crippen LogP contribution < -0.4 is 5.32 Å². The summed E-state index contributed by atoms with van der Waals surface area (Å²) in [6.07, 6.45) is 3.22. The van der Waals surface area contributed by atoms with Crippen LogP contribution in [-0.4, -0.2) is 18.9 Å². The fourth-order valence-corrected chi connectivity index (χ4v) is 1.67. The number of ketones is 1. The summed E-state index contributed by atoms with van der Waals surface area (Å²) in [5, 5.41) is 3.14. The lowest BCUT2D eigenvalue weighted by Crippen LogP contribution is -2.23. The van der Waals surface area contributed by atoms with Gasteiger partial charge in [0.2, 0.25) is 0 Å². The Kier molecular flexibility index (Phi) is 5.79. The Hall–Kier alpha value is -1.15. The van der Waals surface area contributed by atoms with E-state index < -0.39 is 0 Å². The van der Waals surface area contributed by atoms with Crippen molar-refractivity contribution in [3.8, 4) is 0 Å². The number of benzene rings is 1. The highest BCUT2D eigenvalue weighted by atomic mass is 16.1. The van der Waals surface area contributed by atoms with Gasteiger partial charge in [0.15, 0.2) is 5.78 Å². The monoisotopic (exact) mass is 219 g/mol. The second kappa shape index (κ2) is 7.18. The second-order valence-electron chi connectivity index (χ2n) is 4.05. The average molecular weight is 219 g/mol. The fraction of sp³-hybridized carbons (Fsp3) is 0.500. The molecule has 1 N–H and O–H groups in total. The summed E-state index contributed by atoms with van der Waals surface area (Å²) in [5.74, 6) is 0.186. The van der Waals surface area contributed by atoms with Crippen LogP contribution in [-0.2, 0) is 6.42 Å². The molecule has 0 aromatic heterocycles. The van der Waals surface area contributed by atoms with Gasteiger partial charge in [-0.25, -0.2) is 0 Å². The largest absolute Gasteiger partial charge is 0.310 e. The van der Waals surface area contributed by atoms with E-state index in [0.29, 0.717) is 6.54 Å². The molecule has 0 saturated carbocycles. The van der Waals surface area contributed by atoms with Crippen molar-refractivity contribution < 1.29 is 4.79 Å². The standard InChI is InChI=1S/C14H21NO/c1-3-6-12-7-5-8-13(10-12)14(16)11-15-9-4-2/h5,7-8,10,15H,3-4,6,9,11H2,1-2H3. The number of carbonyl (C=O) groups is 1. The Morgan fingerprint density at radius 3 is 2.75 bits per heavy atom. The number of Topliss-reactive ketones (excluding diaryl/α,β-unsaturated/α-hetero) is 1. The van der Waals surface area contributed by atoms with Crippen molar-refractivity contribution >= 4 is 5.78 Å². The van der Waals surface area contributed by atoms with E-state index in [-0.39, 0.29) is 5.78 Å². The molecule has 0 atom stereocenters. The van der Waals surface area contributed by atoms with Crippen LogP contribution in [0.1, 0.15) is 42.6 Å². The van der Waals surface area contributed by atoms with Gasteiger partial charge in [-0.3, -0.25) is 4.79 Å². The van der Waals surface area contributed by atoms with Crippen LogP contribution in [0.5, 0.6) is 0 Å². The smallest absolute Gasteiger partial charge is 0.176 e. The number of nitrogens with one attached hydrogen (secondary N) is 1. The first kappa shape index (κ1) is 12.9. The maximum absolute atomic E-state index is 11.8. The molecule has 1 rings (SSSR count). The summed E-state index contributed by atoms with van der Waals surface area (Å²) in [7, 11) is 0. The van der Waals surface area contributed by atoms with Gasteiger partial charge >= 0.3 is 0 Å². The first-order valence-corrected chi connectivity index (χ1v) is 6.10. The predicted molar refractivity (Wildman–Crippen MR) is 67.9 cm³/mol. The van der Waals surface area contributed by atoms with Gasteiger partial charge in [0.1, 0.15) is 0 Å². The predicted octanol–water partition coefficient (Wildman–Crippen LogP) is 2.82. The van der Waals surface area contributed by atoms with Crippen molar-refractivity contribution in [3.63, 3.8) is 0 Å². The van der Waals surface area contributed by atoms with Crippen LogP contribution >= 0.6 is 0 Å². The van der Waals surface area contributed by atoms with E-state index in [2.05, 4.69) is 25.2 Å². The molecular weight excluding hydrogens is 198 g/mol. The van der Waals surface area contributed by atoms with Gasteiger partial charge in [0.05, 0.1) is 6.54 Å². The Balaban J connectivity index is 2.57. The highest BCUT2D eigenvalue weighted by molar-refractivity contribution is 5.97. The van der Waals surface area contributed by atoms with Crippen molar-refractivity contribution in [2.75, 3.05) is 13.1 Å². The highest BCUT2D eigenvalue weighted by Crippen LogP contribution is 2.08. The summed E-state index contributed by atoms with van der Waals surface area (Å²) >= 11 is 0. The summed E-state index contributed by atoms with van der Waals surface area (Å²) in [6, 6.07) is 7.96. The number of carbonyl (C=O) groups excluding carboxylic acids is 1. The summed E-state index contributed by atoms with van der Waals surface area (Å²) in [5.41, 5.74) is 2.08. The SMILES string of the molecule is CCCNCC(=O)c1cccc(CCC)c1. The van der Waals surface area contributed by atoms with E-state index in [1.54, 1.807) is 0 Å². The van der Waals surface area contributed by atoms with Crippen molar-refractivity contribution in [1.82, 2.24) is 5.32 Å². The topological polar surface area (TPSA) is 29.1 Å². The number of rotatable bonds is 7. The molecule has 16 heavy (non-hydrogen) atoms. The quantitative estimate of drug-likeness (QED) is 0.564. The molecule has 0 aliphatic rings. The molecule has 0 spiro atoms. The maximum atomic E-state index is 11.8. The van der Waals surface area contributed by atoms with Crippen LogP contribution in [0.3, 0.4) is 0 Å². The summed E-state index contributed by atoms with van der Waals surface area (Å²) in [4.78, 5) is 11.8. The van der Waals surface area contributed by atoms with Gasteiger partial charge in [0.25, 0.3) is 0 Å². The molecular formula is C14H21NO. The molecule has 1 aromatic rings. The summed E-state index contributed by atoms with van der Waals surface area (Å²) in [6.45, 7) is 5.60. The Bertz CT molecular complexity index is 333. The summed E-state index contributed by atoms with van der Waals surface area (Å²) < 4.78 is 0. The highest BCUT2D eigenvalue weighted by Gasteiger charge is 2.05. The van der Waals surface area contributed by atoms with Gasteiger partial charge in [0, 0.05) is 5.56 Å². The molecule has 1 aromatic carbocycles. The number of aryl methyl sites for hydroxylation is 1. The molecule has 0 saturated heterocycles. The van der Waals surface area contributed by atoms with E-state index >= 15 is 0 Å². The zero-order chi connectivity index (χ0) is 11.8. The molecule has 0 unspecified atom stereocenters. The molecule has 2 nitrogen and oxygen atoms in total. The van der Waals surface area contributed by atoms with Crippen LogP contribution in [0.4, 0.5) is 0 Å². The Morgan fingerprint density at radius 1 is 1.25 bits per heavy atom. The average Bonchev–Trinajstić information content (AvgIpc) is 2.30. The fourth-order valence-electron chi connectivity index (χ4n) is 1.67. The van der Waals surface area contributed by atoms with Crippen molar-refractivity contribution in [2.24, 2.45) is 0 Å². The minimum atomic E-state index is 0.186. The van der Waals surface area contributed by atoms with Crippen LogP contribution in [0.15, 0.2) is 24.3 Å². The van der Waals surface area contributed by atoms with E-state index in [9.17, 15) is 4.79 Å². The van der Waals surface area contributed by atoms with E-state index in [1.165, 1.54) is 5.56 Å². The minimum absolute atomic E-state index is 0.186. The van der Waals surface area contributed by atoms with Gasteiger partial charge in [-0.1, -0.05) is 38.5 Å². The van der Waals surface area contributed by atoms with Crippen molar-refractivity contribution in [2.45, 2.75) is 33.1 Å². The molecule has 2 heteroatoms. The van der Waals surface area contributed by atoms with Crippen molar-refractivity contribution in [1.29, 1.82) is 0 Å². The molecule has 0 fully saturated rings. The zero-order valence-corrected chi connectivity index (χ0v) is 10.3. The first-order valence-electron chi connectivity index (χ1n) is 6.10. The first-order chi connectivity index (χ1) is 7.77. The number of hydrogen-bond donors (Lipinski definition) is 1. The molecule has 0 aliphatic heterocycles. The third-order valence-electron chi connectivity index (χ3n) is 2.50. The second-order valence-corrected chi connectivity index (χ2v) is 4.05. The van der Waals surface area contributed by atoms with E-state index in [0.717, 1.165) is 31.4 Å². The zero-order valence-electron chi connectivity index (χ0n) is 10.3. The number of hydrogen-bond acceptors (Lipinski definition) is 2. The molecule has 0 aliphatic carbocycles. The normalized spacial score (nSPS) is 10.4. The lowest BCUT2D eigenvalue weighted by Gasteiger charge is -2.04. The van der Waals surface area contributed by atoms with E-state index in [4.69, 9.17) is 0 Å². The molecule has 88 valence electrons. The lowest BCUT2D eigenvalue weighted by atomic mass is 10.0. The molecule has 0 radical (unpaired) electrons. The van der Waals surface area contributed by atoms with Gasteiger partial charge in [-0.15, -0.1) is 0 Å². The van der Waals surface area contributed by atoms with E-state index in [1.807, 2.05) is 18.2 Å². The molecule has 0 heterocycles. The van der Waals surface area contributed by atoms with Crippen molar-refractivity contribution in [3.05, 3.63) is 35.4 Å². The molecule has 0 amide bonds. The minimum Gasteiger partial charge on any atom is -0.310 e. The molecule has 0 bridgehead atoms. The van der Waals surface area contributed by atoms with Crippen LogP contribution in [0.2, 0.25) is 0 Å². The van der Waals surface area contributed by atoms with Gasteiger partial charge in [-0.2, -0.15) is 0 Å². The third kappa shape index (κ3) is 4.15. The maximum Gasteiger partial charge on any atom is 0.176 e. The Morgan fingerprint density at radius 2 is 2.06 bits per heavy atom. The van der Waals surface area contributed by atoms with Crippen LogP contribution in [0, 0.1) is 0 Å². The lowest BCUT2D eigenvalue weighted by molar-refractivity contribution is 0.0991. The van der Waals surface area contributed by atoms with Gasteiger partial charge < -0.3 is 5.32 Å². The Labute approximate surface area is 98.1 Å². The van der Waals surface area contributed by atoms with Crippen LogP contribution in [0.25, 0.3) is 0 Å². The third-order valence-corrected chi connectivity index (χ3v) is 2.50. The van der Waals surface area contributed by atoms with Gasteiger partial charge in [-0.05, 0) is 31.0 Å².